The maximum absolute atomic E-state index is 12.2. The number of amides is 3. The zero-order valence-corrected chi connectivity index (χ0v) is 17.3. The molecule has 25 heavy (non-hydrogen) atoms. The third kappa shape index (κ3) is 14.4. The molecule has 0 aromatic carbocycles. The van der Waals surface area contributed by atoms with Crippen LogP contribution in [0.2, 0.25) is 0 Å². The van der Waals surface area contributed by atoms with Crippen molar-refractivity contribution in [2.75, 3.05) is 19.6 Å². The molecule has 0 atom stereocenters. The van der Waals surface area contributed by atoms with Gasteiger partial charge in [-0.05, 0) is 62.3 Å². The van der Waals surface area contributed by atoms with Crippen LogP contribution in [0.4, 0.5) is 0 Å². The van der Waals surface area contributed by atoms with Gasteiger partial charge in [0, 0.05) is 16.6 Å². The second kappa shape index (κ2) is 8.65. The van der Waals surface area contributed by atoms with Gasteiger partial charge >= 0.3 is 0 Å². The molecule has 146 valence electrons. The number of hydrogen-bond donors (Lipinski definition) is 3. The SMILES string of the molecule is CC(C)(C)NC(=O)CN(CC(=O)NC(C)(C)C)CC(=O)NC(C)(C)C. The molecule has 0 saturated heterocycles. The first-order valence-electron chi connectivity index (χ1n) is 8.62. The van der Waals surface area contributed by atoms with E-state index >= 15 is 0 Å². The minimum absolute atomic E-state index is 0.0214. The second-order valence-corrected chi connectivity index (χ2v) is 9.54. The second-order valence-electron chi connectivity index (χ2n) is 9.54. The molecule has 0 spiro atoms. The van der Waals surface area contributed by atoms with Crippen LogP contribution in [-0.4, -0.2) is 58.9 Å². The monoisotopic (exact) mass is 356 g/mol. The Hall–Kier alpha value is -1.63. The third-order valence-electron chi connectivity index (χ3n) is 2.64. The Morgan fingerprint density at radius 2 is 0.760 bits per heavy atom. The lowest BCUT2D eigenvalue weighted by Gasteiger charge is -2.28. The molecule has 3 amide bonds. The number of nitrogens with zero attached hydrogens (tertiary/aromatic N) is 1. The first kappa shape index (κ1) is 23.4. The van der Waals surface area contributed by atoms with Crippen molar-refractivity contribution in [1.29, 1.82) is 0 Å². The van der Waals surface area contributed by atoms with E-state index in [0.29, 0.717) is 0 Å². The summed E-state index contributed by atoms with van der Waals surface area (Å²) in [4.78, 5) is 38.1. The van der Waals surface area contributed by atoms with Crippen molar-refractivity contribution in [3.05, 3.63) is 0 Å². The normalized spacial score (nSPS) is 12.7. The summed E-state index contributed by atoms with van der Waals surface area (Å²) >= 11 is 0. The summed E-state index contributed by atoms with van der Waals surface area (Å²) in [7, 11) is 0. The predicted octanol–water partition coefficient (Wildman–Crippen LogP) is 1.03. The summed E-state index contributed by atoms with van der Waals surface area (Å²) in [6.07, 6.45) is 0. The number of hydrogen-bond acceptors (Lipinski definition) is 4. The van der Waals surface area contributed by atoms with Crippen molar-refractivity contribution < 1.29 is 14.4 Å². The summed E-state index contributed by atoms with van der Waals surface area (Å²) in [6.45, 7) is 16.9. The van der Waals surface area contributed by atoms with Crippen molar-refractivity contribution in [3.63, 3.8) is 0 Å². The van der Waals surface area contributed by atoms with E-state index in [0.717, 1.165) is 0 Å². The van der Waals surface area contributed by atoms with Gasteiger partial charge in [0.2, 0.25) is 17.7 Å². The van der Waals surface area contributed by atoms with Gasteiger partial charge in [-0.1, -0.05) is 0 Å². The summed E-state index contributed by atoms with van der Waals surface area (Å²) in [6, 6.07) is 0. The molecule has 0 unspecified atom stereocenters. The van der Waals surface area contributed by atoms with Crippen LogP contribution in [0.15, 0.2) is 0 Å². The smallest absolute Gasteiger partial charge is 0.234 e. The molecule has 0 saturated carbocycles. The van der Waals surface area contributed by atoms with E-state index in [4.69, 9.17) is 0 Å². The number of carbonyl (C=O) groups is 3. The van der Waals surface area contributed by atoms with Crippen LogP contribution in [-0.2, 0) is 14.4 Å². The molecule has 0 aliphatic heterocycles. The van der Waals surface area contributed by atoms with Crippen LogP contribution in [0.3, 0.4) is 0 Å². The summed E-state index contributed by atoms with van der Waals surface area (Å²) in [5.74, 6) is -0.668. The molecule has 0 radical (unpaired) electrons. The summed E-state index contributed by atoms with van der Waals surface area (Å²) < 4.78 is 0. The van der Waals surface area contributed by atoms with Crippen molar-refractivity contribution in [2.24, 2.45) is 0 Å². The molecule has 0 aromatic heterocycles. The fraction of sp³-hybridized carbons (Fsp3) is 0.833. The van der Waals surface area contributed by atoms with Crippen molar-refractivity contribution in [2.45, 2.75) is 78.9 Å². The molecule has 0 heterocycles. The molecule has 0 aliphatic rings. The lowest BCUT2D eigenvalue weighted by molar-refractivity contribution is -0.129. The van der Waals surface area contributed by atoms with Crippen LogP contribution in [0.5, 0.6) is 0 Å². The van der Waals surface area contributed by atoms with Crippen LogP contribution < -0.4 is 16.0 Å². The zero-order valence-electron chi connectivity index (χ0n) is 17.3. The fourth-order valence-electron chi connectivity index (χ4n) is 2.15. The molecule has 0 fully saturated rings. The van der Waals surface area contributed by atoms with E-state index in [9.17, 15) is 14.4 Å². The Kier molecular flexibility index (Phi) is 8.08. The van der Waals surface area contributed by atoms with E-state index in [1.807, 2.05) is 62.3 Å². The van der Waals surface area contributed by atoms with Gasteiger partial charge in [0.05, 0.1) is 19.6 Å². The third-order valence-corrected chi connectivity index (χ3v) is 2.64. The van der Waals surface area contributed by atoms with E-state index < -0.39 is 0 Å². The van der Waals surface area contributed by atoms with Crippen molar-refractivity contribution in [1.82, 2.24) is 20.9 Å². The maximum atomic E-state index is 12.2. The topological polar surface area (TPSA) is 90.5 Å². The van der Waals surface area contributed by atoms with Gasteiger partial charge in [-0.3, -0.25) is 19.3 Å². The average Bonchev–Trinajstić information content (AvgIpc) is 2.18. The highest BCUT2D eigenvalue weighted by Gasteiger charge is 2.23. The summed E-state index contributed by atoms with van der Waals surface area (Å²) in [5.41, 5.74) is -1.11. The molecule has 7 nitrogen and oxygen atoms in total. The standard InChI is InChI=1S/C18H36N4O3/c1-16(2,3)19-13(23)10-22(11-14(24)20-17(4,5)6)12-15(25)21-18(7,8)9/h10-12H2,1-9H3,(H,19,23)(H,20,24)(H,21,25). The summed E-state index contributed by atoms with van der Waals surface area (Å²) in [5, 5.41) is 8.55. The average molecular weight is 357 g/mol. The lowest BCUT2D eigenvalue weighted by atomic mass is 10.1. The lowest BCUT2D eigenvalue weighted by Crippen LogP contribution is -2.53. The number of rotatable bonds is 6. The molecular formula is C18H36N4O3. The van der Waals surface area contributed by atoms with Crippen molar-refractivity contribution in [3.8, 4) is 0 Å². The molecule has 0 bridgehead atoms. The quantitative estimate of drug-likeness (QED) is 0.663. The Bertz CT molecular complexity index is 411. The van der Waals surface area contributed by atoms with Gasteiger partial charge in [0.1, 0.15) is 0 Å². The van der Waals surface area contributed by atoms with Gasteiger partial charge in [-0.15, -0.1) is 0 Å². The van der Waals surface area contributed by atoms with Crippen LogP contribution in [0.1, 0.15) is 62.3 Å². The molecule has 7 heteroatoms. The Balaban J connectivity index is 4.95. The predicted molar refractivity (Wildman–Crippen MR) is 100 cm³/mol. The highest BCUT2D eigenvalue weighted by molar-refractivity contribution is 5.84. The first-order valence-corrected chi connectivity index (χ1v) is 8.62. The van der Waals surface area contributed by atoms with Gasteiger partial charge in [0.25, 0.3) is 0 Å². The highest BCUT2D eigenvalue weighted by Crippen LogP contribution is 2.02. The van der Waals surface area contributed by atoms with E-state index in [2.05, 4.69) is 16.0 Å². The number of carbonyl (C=O) groups excluding carboxylic acids is 3. The van der Waals surface area contributed by atoms with Crippen LogP contribution in [0, 0.1) is 0 Å². The largest absolute Gasteiger partial charge is 0.350 e. The van der Waals surface area contributed by atoms with Crippen molar-refractivity contribution >= 4 is 17.7 Å². The van der Waals surface area contributed by atoms with Crippen LogP contribution >= 0.6 is 0 Å². The molecule has 3 N–H and O–H groups in total. The zero-order chi connectivity index (χ0) is 20.1. The van der Waals surface area contributed by atoms with Gasteiger partial charge in [-0.25, -0.2) is 0 Å². The van der Waals surface area contributed by atoms with E-state index in [-0.39, 0.29) is 54.0 Å². The molecule has 0 aliphatic carbocycles. The maximum Gasteiger partial charge on any atom is 0.234 e. The minimum atomic E-state index is -0.371. The first-order chi connectivity index (χ1) is 11.0. The Morgan fingerprint density at radius 1 is 0.560 bits per heavy atom. The fourth-order valence-corrected chi connectivity index (χ4v) is 2.15. The Labute approximate surface area is 152 Å². The number of nitrogens with one attached hydrogen (secondary N) is 3. The molecule has 0 rings (SSSR count). The van der Waals surface area contributed by atoms with E-state index in [1.165, 1.54) is 0 Å². The van der Waals surface area contributed by atoms with E-state index in [1.54, 1.807) is 4.90 Å². The molecular weight excluding hydrogens is 320 g/mol. The minimum Gasteiger partial charge on any atom is -0.350 e. The van der Waals surface area contributed by atoms with Gasteiger partial charge < -0.3 is 16.0 Å². The van der Waals surface area contributed by atoms with Crippen LogP contribution in [0.25, 0.3) is 0 Å². The van der Waals surface area contributed by atoms with Gasteiger partial charge in [-0.2, -0.15) is 0 Å². The highest BCUT2D eigenvalue weighted by atomic mass is 16.2. The molecule has 0 aromatic rings. The Morgan fingerprint density at radius 3 is 0.920 bits per heavy atom. The van der Waals surface area contributed by atoms with Gasteiger partial charge in [0.15, 0.2) is 0 Å².